The van der Waals surface area contributed by atoms with Crippen molar-refractivity contribution >= 4 is 34.7 Å². The van der Waals surface area contributed by atoms with Gasteiger partial charge in [0.25, 0.3) is 5.69 Å². The average molecular weight is 412 g/mol. The number of amides is 1. The monoisotopic (exact) mass is 412 g/mol. The van der Waals surface area contributed by atoms with Crippen molar-refractivity contribution in [3.8, 4) is 0 Å². The van der Waals surface area contributed by atoms with Gasteiger partial charge in [0, 0.05) is 23.5 Å². The van der Waals surface area contributed by atoms with E-state index >= 15 is 0 Å². The number of aromatic nitrogens is 3. The number of non-ortho nitro benzene ring substituents is 1. The number of thioether (sulfide) groups is 1. The van der Waals surface area contributed by atoms with Gasteiger partial charge in [0.15, 0.2) is 0 Å². The number of rotatable bonds is 8. The van der Waals surface area contributed by atoms with Gasteiger partial charge in [0.05, 0.1) is 17.2 Å². The molecule has 2 aromatic carbocycles. The van der Waals surface area contributed by atoms with Crippen LogP contribution in [0.15, 0.2) is 47.6 Å². The second-order valence-corrected chi connectivity index (χ2v) is 7.32. The fraction of sp³-hybridized carbons (Fsp3) is 0.211. The van der Waals surface area contributed by atoms with Crippen LogP contribution in [-0.2, 0) is 11.3 Å². The highest BCUT2D eigenvalue weighted by atomic mass is 32.2. The third-order valence-corrected chi connectivity index (χ3v) is 4.87. The van der Waals surface area contributed by atoms with Gasteiger partial charge in [0.2, 0.25) is 11.1 Å². The molecule has 10 heteroatoms. The Balaban J connectivity index is 1.50. The maximum atomic E-state index is 12.1. The summed E-state index contributed by atoms with van der Waals surface area (Å²) in [7, 11) is 0. The molecule has 1 aromatic heterocycles. The van der Waals surface area contributed by atoms with Crippen molar-refractivity contribution < 1.29 is 9.72 Å². The lowest BCUT2D eigenvalue weighted by Crippen LogP contribution is -2.14. The van der Waals surface area contributed by atoms with Crippen LogP contribution in [0.25, 0.3) is 0 Å². The molecule has 0 atom stereocenters. The van der Waals surface area contributed by atoms with E-state index in [0.717, 1.165) is 11.3 Å². The molecule has 0 bridgehead atoms. The maximum absolute atomic E-state index is 12.1. The van der Waals surface area contributed by atoms with Crippen LogP contribution < -0.4 is 10.6 Å². The van der Waals surface area contributed by atoms with Gasteiger partial charge in [-0.1, -0.05) is 30.0 Å². The zero-order chi connectivity index (χ0) is 20.8. The summed E-state index contributed by atoms with van der Waals surface area (Å²) in [5.41, 5.74) is 3.64. The average Bonchev–Trinajstić information content (AvgIpc) is 3.15. The smallest absolute Gasteiger partial charge is 0.271 e. The quantitative estimate of drug-likeness (QED) is 0.293. The van der Waals surface area contributed by atoms with E-state index in [2.05, 4.69) is 44.0 Å². The van der Waals surface area contributed by atoms with Gasteiger partial charge in [0.1, 0.15) is 5.82 Å². The van der Waals surface area contributed by atoms with E-state index in [1.165, 1.54) is 35.5 Å². The number of nitro groups is 1. The molecule has 0 unspecified atom stereocenters. The van der Waals surface area contributed by atoms with Crippen molar-refractivity contribution in [2.45, 2.75) is 25.5 Å². The minimum absolute atomic E-state index is 0.0783. The number of hydrogen-bond acceptors (Lipinski definition) is 7. The molecule has 0 fully saturated rings. The number of benzene rings is 2. The second-order valence-electron chi connectivity index (χ2n) is 6.38. The molecule has 1 amide bonds. The minimum Gasteiger partial charge on any atom is -0.378 e. The number of nitro benzene ring substituents is 1. The number of carbonyl (C=O) groups is 1. The highest BCUT2D eigenvalue weighted by Gasteiger charge is 2.11. The van der Waals surface area contributed by atoms with E-state index in [0.29, 0.717) is 23.2 Å². The lowest BCUT2D eigenvalue weighted by Gasteiger charge is -2.08. The lowest BCUT2D eigenvalue weighted by atomic mass is 10.1. The van der Waals surface area contributed by atoms with Crippen molar-refractivity contribution in [2.75, 3.05) is 16.4 Å². The van der Waals surface area contributed by atoms with Crippen LogP contribution in [-0.4, -0.2) is 31.8 Å². The number of nitrogens with one attached hydrogen (secondary N) is 3. The van der Waals surface area contributed by atoms with Gasteiger partial charge in [-0.25, -0.2) is 4.98 Å². The Kier molecular flexibility index (Phi) is 6.45. The summed E-state index contributed by atoms with van der Waals surface area (Å²) in [5, 5.41) is 24.2. The summed E-state index contributed by atoms with van der Waals surface area (Å²) in [6, 6.07) is 12.0. The van der Waals surface area contributed by atoms with E-state index in [1.807, 2.05) is 13.8 Å². The van der Waals surface area contributed by atoms with Gasteiger partial charge in [-0.15, -0.1) is 5.10 Å². The molecular formula is C19H20N6O3S. The first kappa shape index (κ1) is 20.3. The van der Waals surface area contributed by atoms with Crippen molar-refractivity contribution in [1.29, 1.82) is 0 Å². The Morgan fingerprint density at radius 2 is 2.07 bits per heavy atom. The highest BCUT2D eigenvalue weighted by molar-refractivity contribution is 7.99. The Morgan fingerprint density at radius 1 is 1.24 bits per heavy atom. The Morgan fingerprint density at radius 3 is 2.86 bits per heavy atom. The standard InChI is InChI=1S/C19H20N6O3S/c1-12-6-7-13(2)16(8-12)20-10-17-22-19(24-23-17)29-11-18(26)21-14-4-3-5-15(9-14)25(27)28/h3-9,20H,10-11H2,1-2H3,(H,21,26)(H,22,23,24). The normalized spacial score (nSPS) is 10.6. The predicted molar refractivity (Wildman–Crippen MR) is 112 cm³/mol. The molecule has 3 rings (SSSR count). The van der Waals surface area contributed by atoms with Gasteiger partial charge in [-0.05, 0) is 37.1 Å². The number of aromatic amines is 1. The van der Waals surface area contributed by atoms with Crippen LogP contribution in [0.2, 0.25) is 0 Å². The van der Waals surface area contributed by atoms with E-state index in [9.17, 15) is 14.9 Å². The zero-order valence-electron chi connectivity index (χ0n) is 15.9. The second kappa shape index (κ2) is 9.20. The van der Waals surface area contributed by atoms with Gasteiger partial charge < -0.3 is 10.6 Å². The van der Waals surface area contributed by atoms with E-state index in [1.54, 1.807) is 6.07 Å². The molecule has 0 aliphatic heterocycles. The molecule has 0 aliphatic rings. The number of H-pyrrole nitrogens is 1. The summed E-state index contributed by atoms with van der Waals surface area (Å²) in [6.45, 7) is 4.55. The number of aryl methyl sites for hydroxylation is 2. The fourth-order valence-corrected chi connectivity index (χ4v) is 3.17. The Hall–Kier alpha value is -3.40. The van der Waals surface area contributed by atoms with Gasteiger partial charge >= 0.3 is 0 Å². The summed E-state index contributed by atoms with van der Waals surface area (Å²) >= 11 is 1.18. The first-order valence-corrected chi connectivity index (χ1v) is 9.79. The van der Waals surface area contributed by atoms with Crippen molar-refractivity contribution in [2.24, 2.45) is 0 Å². The van der Waals surface area contributed by atoms with Crippen LogP contribution in [0.3, 0.4) is 0 Å². The molecule has 29 heavy (non-hydrogen) atoms. The predicted octanol–water partition coefficient (Wildman–Crippen LogP) is 3.67. The third kappa shape index (κ3) is 5.79. The zero-order valence-corrected chi connectivity index (χ0v) is 16.7. The summed E-state index contributed by atoms with van der Waals surface area (Å²) in [5.74, 6) is 0.451. The molecule has 150 valence electrons. The molecule has 3 aromatic rings. The van der Waals surface area contributed by atoms with Crippen molar-refractivity contribution in [3.63, 3.8) is 0 Å². The maximum Gasteiger partial charge on any atom is 0.271 e. The van der Waals surface area contributed by atoms with Crippen molar-refractivity contribution in [1.82, 2.24) is 15.2 Å². The molecule has 0 spiro atoms. The molecule has 9 nitrogen and oxygen atoms in total. The summed E-state index contributed by atoms with van der Waals surface area (Å²) in [6.07, 6.45) is 0. The Labute approximate surface area is 171 Å². The largest absolute Gasteiger partial charge is 0.378 e. The highest BCUT2D eigenvalue weighted by Crippen LogP contribution is 2.19. The third-order valence-electron chi connectivity index (χ3n) is 4.02. The van der Waals surface area contributed by atoms with Crippen LogP contribution in [0.4, 0.5) is 17.1 Å². The number of carbonyl (C=O) groups excluding carboxylic acids is 1. The number of anilines is 2. The van der Waals surface area contributed by atoms with Gasteiger partial charge in [-0.3, -0.25) is 20.0 Å². The van der Waals surface area contributed by atoms with Crippen LogP contribution in [0.1, 0.15) is 17.0 Å². The lowest BCUT2D eigenvalue weighted by molar-refractivity contribution is -0.384. The van der Waals surface area contributed by atoms with E-state index in [-0.39, 0.29) is 17.3 Å². The van der Waals surface area contributed by atoms with Crippen LogP contribution in [0.5, 0.6) is 0 Å². The topological polar surface area (TPSA) is 126 Å². The molecule has 1 heterocycles. The van der Waals surface area contributed by atoms with Gasteiger partial charge in [-0.2, -0.15) is 0 Å². The first-order valence-electron chi connectivity index (χ1n) is 8.80. The first-order chi connectivity index (χ1) is 13.9. The summed E-state index contributed by atoms with van der Waals surface area (Å²) < 4.78 is 0. The molecule has 3 N–H and O–H groups in total. The van der Waals surface area contributed by atoms with E-state index in [4.69, 9.17) is 0 Å². The number of nitrogens with zero attached hydrogens (tertiary/aromatic N) is 3. The molecule has 0 aliphatic carbocycles. The molecular weight excluding hydrogens is 392 g/mol. The van der Waals surface area contributed by atoms with Crippen LogP contribution in [0, 0.1) is 24.0 Å². The molecule has 0 saturated heterocycles. The minimum atomic E-state index is -0.508. The molecule has 0 radical (unpaired) electrons. The van der Waals surface area contributed by atoms with E-state index < -0.39 is 4.92 Å². The van der Waals surface area contributed by atoms with Crippen LogP contribution >= 0.6 is 11.8 Å². The Bertz CT molecular complexity index is 1040. The number of hydrogen-bond donors (Lipinski definition) is 3. The SMILES string of the molecule is Cc1ccc(C)c(NCc2nc(SCC(=O)Nc3cccc([N+](=O)[O-])c3)n[nH]2)c1. The summed E-state index contributed by atoms with van der Waals surface area (Å²) in [4.78, 5) is 26.7. The fourth-order valence-electron chi connectivity index (χ4n) is 2.55. The molecule has 0 saturated carbocycles. The van der Waals surface area contributed by atoms with Crippen molar-refractivity contribution in [3.05, 3.63) is 69.5 Å².